The van der Waals surface area contributed by atoms with Crippen molar-refractivity contribution in [2.24, 2.45) is 17.7 Å². The van der Waals surface area contributed by atoms with Crippen LogP contribution in [0.4, 0.5) is 11.4 Å². The zero-order chi connectivity index (χ0) is 15.6. The Morgan fingerprint density at radius 2 is 2.24 bits per heavy atom. The molecule has 7 nitrogen and oxygen atoms in total. The fourth-order valence-electron chi connectivity index (χ4n) is 2.64. The quantitative estimate of drug-likeness (QED) is 0.490. The first kappa shape index (κ1) is 15.2. The number of nitrogens with one attached hydrogen (secondary N) is 1. The van der Waals surface area contributed by atoms with Crippen LogP contribution in [0.3, 0.4) is 0 Å². The van der Waals surface area contributed by atoms with E-state index >= 15 is 0 Å². The van der Waals surface area contributed by atoms with E-state index < -0.39 is 4.92 Å². The molecule has 1 aliphatic rings. The normalized spacial score (nSPS) is 18.4. The number of anilines is 1. The van der Waals surface area contributed by atoms with Crippen LogP contribution in [-0.2, 0) is 11.3 Å². The standard InChI is InChI=1S/C14H20N4O3/c1-9(2)11-6-13(19)17(8-11)7-10-4-3-5-12(18(20)21)14(10)16-15/h3-5,9,11,16H,6-8,15H2,1-2H3. The van der Waals surface area contributed by atoms with Gasteiger partial charge in [-0.1, -0.05) is 26.0 Å². The number of nitro groups is 1. The highest BCUT2D eigenvalue weighted by atomic mass is 16.6. The van der Waals surface area contributed by atoms with Gasteiger partial charge in [0.1, 0.15) is 5.69 Å². The van der Waals surface area contributed by atoms with Gasteiger partial charge in [-0.05, 0) is 11.8 Å². The zero-order valence-electron chi connectivity index (χ0n) is 12.2. The van der Waals surface area contributed by atoms with E-state index in [0.29, 0.717) is 36.9 Å². The summed E-state index contributed by atoms with van der Waals surface area (Å²) in [6.45, 7) is 5.22. The molecule has 3 N–H and O–H groups in total. The van der Waals surface area contributed by atoms with Crippen molar-refractivity contribution in [1.82, 2.24) is 4.90 Å². The Labute approximate surface area is 123 Å². The Hall–Kier alpha value is -2.15. The largest absolute Gasteiger partial charge is 0.338 e. The van der Waals surface area contributed by atoms with Crippen LogP contribution in [0.1, 0.15) is 25.8 Å². The van der Waals surface area contributed by atoms with Gasteiger partial charge in [0.05, 0.1) is 4.92 Å². The lowest BCUT2D eigenvalue weighted by molar-refractivity contribution is -0.384. The van der Waals surface area contributed by atoms with Crippen LogP contribution in [0.2, 0.25) is 0 Å². The summed E-state index contributed by atoms with van der Waals surface area (Å²) < 4.78 is 0. The SMILES string of the molecule is CC(C)C1CC(=O)N(Cc2cccc([N+](=O)[O-])c2NN)C1. The summed E-state index contributed by atoms with van der Waals surface area (Å²) in [5.74, 6) is 6.28. The molecular formula is C14H20N4O3. The second-order valence-corrected chi connectivity index (χ2v) is 5.70. The van der Waals surface area contributed by atoms with Crippen LogP contribution in [0.25, 0.3) is 0 Å². The lowest BCUT2D eigenvalue weighted by Gasteiger charge is -2.19. The predicted octanol–water partition coefficient (Wildman–Crippen LogP) is 1.88. The van der Waals surface area contributed by atoms with E-state index in [2.05, 4.69) is 19.3 Å². The second-order valence-electron chi connectivity index (χ2n) is 5.70. The number of nitro benzene ring substituents is 1. The molecule has 0 aliphatic carbocycles. The highest BCUT2D eigenvalue weighted by Crippen LogP contribution is 2.31. The molecule has 0 aromatic heterocycles. The Kier molecular flexibility index (Phi) is 4.42. The highest BCUT2D eigenvalue weighted by Gasteiger charge is 2.32. The van der Waals surface area contributed by atoms with Gasteiger partial charge < -0.3 is 10.3 Å². The number of hydrogen-bond donors (Lipinski definition) is 2. The van der Waals surface area contributed by atoms with Gasteiger partial charge in [0, 0.05) is 31.1 Å². The van der Waals surface area contributed by atoms with Gasteiger partial charge in [-0.15, -0.1) is 0 Å². The number of hydrazine groups is 1. The van der Waals surface area contributed by atoms with Crippen molar-refractivity contribution >= 4 is 17.3 Å². The zero-order valence-corrected chi connectivity index (χ0v) is 12.2. The molecule has 1 amide bonds. The van der Waals surface area contributed by atoms with E-state index in [1.54, 1.807) is 17.0 Å². The van der Waals surface area contributed by atoms with E-state index in [-0.39, 0.29) is 17.3 Å². The van der Waals surface area contributed by atoms with Gasteiger partial charge in [0.15, 0.2) is 0 Å². The van der Waals surface area contributed by atoms with E-state index in [0.717, 1.165) is 0 Å². The molecule has 0 bridgehead atoms. The molecule has 2 rings (SSSR count). The summed E-state index contributed by atoms with van der Waals surface area (Å²) in [5.41, 5.74) is 3.23. The van der Waals surface area contributed by atoms with Crippen LogP contribution >= 0.6 is 0 Å². The number of amides is 1. The Balaban J connectivity index is 2.22. The number of benzene rings is 1. The number of hydrogen-bond acceptors (Lipinski definition) is 5. The topological polar surface area (TPSA) is 102 Å². The first-order chi connectivity index (χ1) is 9.93. The van der Waals surface area contributed by atoms with Crippen molar-refractivity contribution in [2.45, 2.75) is 26.8 Å². The van der Waals surface area contributed by atoms with Gasteiger partial charge in [-0.3, -0.25) is 20.8 Å². The van der Waals surface area contributed by atoms with Crippen LogP contribution < -0.4 is 11.3 Å². The predicted molar refractivity (Wildman–Crippen MR) is 79.3 cm³/mol. The monoisotopic (exact) mass is 292 g/mol. The number of para-hydroxylation sites is 1. The Morgan fingerprint density at radius 1 is 1.52 bits per heavy atom. The molecule has 1 aromatic carbocycles. The van der Waals surface area contributed by atoms with Crippen LogP contribution in [0.5, 0.6) is 0 Å². The van der Waals surface area contributed by atoms with Crippen molar-refractivity contribution < 1.29 is 9.72 Å². The molecule has 1 aromatic rings. The molecule has 1 unspecified atom stereocenters. The number of nitrogen functional groups attached to an aromatic ring is 1. The Morgan fingerprint density at radius 3 is 2.76 bits per heavy atom. The summed E-state index contributed by atoms with van der Waals surface area (Å²) in [7, 11) is 0. The molecule has 0 radical (unpaired) electrons. The fraction of sp³-hybridized carbons (Fsp3) is 0.500. The van der Waals surface area contributed by atoms with E-state index in [1.165, 1.54) is 6.07 Å². The molecule has 114 valence electrons. The first-order valence-corrected chi connectivity index (χ1v) is 6.94. The van der Waals surface area contributed by atoms with E-state index in [9.17, 15) is 14.9 Å². The summed E-state index contributed by atoms with van der Waals surface area (Å²) in [6, 6.07) is 4.74. The first-order valence-electron chi connectivity index (χ1n) is 6.94. The maximum Gasteiger partial charge on any atom is 0.293 e. The number of likely N-dealkylation sites (tertiary alicyclic amines) is 1. The van der Waals surface area contributed by atoms with Crippen LogP contribution in [0.15, 0.2) is 18.2 Å². The molecule has 1 aliphatic heterocycles. The maximum atomic E-state index is 12.1. The average Bonchev–Trinajstić information content (AvgIpc) is 2.80. The minimum absolute atomic E-state index is 0.0814. The Bertz CT molecular complexity index is 559. The number of nitrogens with two attached hydrogens (primary N) is 1. The summed E-state index contributed by atoms with van der Waals surface area (Å²) in [4.78, 5) is 24.3. The van der Waals surface area contributed by atoms with Crippen LogP contribution in [-0.4, -0.2) is 22.3 Å². The fourth-order valence-corrected chi connectivity index (χ4v) is 2.64. The minimum atomic E-state index is -0.485. The number of carbonyl (C=O) groups is 1. The molecule has 1 heterocycles. The van der Waals surface area contributed by atoms with E-state index in [4.69, 9.17) is 5.84 Å². The van der Waals surface area contributed by atoms with Gasteiger partial charge in [-0.2, -0.15) is 0 Å². The summed E-state index contributed by atoms with van der Waals surface area (Å²) in [6.07, 6.45) is 0.540. The average molecular weight is 292 g/mol. The molecule has 1 atom stereocenters. The third kappa shape index (κ3) is 3.13. The number of nitrogens with zero attached hydrogens (tertiary/aromatic N) is 2. The van der Waals surface area contributed by atoms with Crippen molar-refractivity contribution in [3.8, 4) is 0 Å². The molecule has 7 heteroatoms. The molecule has 0 saturated carbocycles. The van der Waals surface area contributed by atoms with Crippen molar-refractivity contribution in [3.63, 3.8) is 0 Å². The maximum absolute atomic E-state index is 12.1. The number of rotatable bonds is 5. The van der Waals surface area contributed by atoms with Crippen molar-refractivity contribution in [2.75, 3.05) is 12.0 Å². The number of carbonyl (C=O) groups excluding carboxylic acids is 1. The summed E-state index contributed by atoms with van der Waals surface area (Å²) >= 11 is 0. The molecule has 1 saturated heterocycles. The summed E-state index contributed by atoms with van der Waals surface area (Å²) in [5, 5.41) is 11.0. The second kappa shape index (κ2) is 6.09. The van der Waals surface area contributed by atoms with Gasteiger partial charge >= 0.3 is 0 Å². The minimum Gasteiger partial charge on any atom is -0.338 e. The third-order valence-corrected chi connectivity index (χ3v) is 4.02. The lowest BCUT2D eigenvalue weighted by atomic mass is 9.95. The third-order valence-electron chi connectivity index (χ3n) is 4.02. The molecular weight excluding hydrogens is 272 g/mol. The van der Waals surface area contributed by atoms with E-state index in [1.807, 2.05) is 0 Å². The van der Waals surface area contributed by atoms with Crippen molar-refractivity contribution in [3.05, 3.63) is 33.9 Å². The van der Waals surface area contributed by atoms with Crippen LogP contribution in [0, 0.1) is 22.0 Å². The molecule has 1 fully saturated rings. The highest BCUT2D eigenvalue weighted by molar-refractivity contribution is 5.79. The van der Waals surface area contributed by atoms with Gasteiger partial charge in [-0.25, -0.2) is 0 Å². The lowest BCUT2D eigenvalue weighted by Crippen LogP contribution is -2.26. The smallest absolute Gasteiger partial charge is 0.293 e. The van der Waals surface area contributed by atoms with Crippen molar-refractivity contribution in [1.29, 1.82) is 0 Å². The van der Waals surface area contributed by atoms with Gasteiger partial charge in [0.25, 0.3) is 5.69 Å². The van der Waals surface area contributed by atoms with Gasteiger partial charge in [0.2, 0.25) is 5.91 Å². The molecule has 21 heavy (non-hydrogen) atoms. The molecule has 0 spiro atoms.